The lowest BCUT2D eigenvalue weighted by Gasteiger charge is -2.09. The Morgan fingerprint density at radius 3 is 3.00 bits per heavy atom. The SMILES string of the molecule is CCCn1cc(Oc2ccc(F)cc2CNC)cn1. The van der Waals surface area contributed by atoms with Crippen LogP contribution in [0.15, 0.2) is 30.6 Å². The Bertz CT molecular complexity index is 539. The van der Waals surface area contributed by atoms with Crippen molar-refractivity contribution in [3.8, 4) is 11.5 Å². The van der Waals surface area contributed by atoms with Crippen molar-refractivity contribution in [2.24, 2.45) is 0 Å². The molecular formula is C14H18FN3O. The number of aryl methyl sites for hydroxylation is 1. The molecule has 0 aliphatic rings. The standard InChI is InChI=1S/C14H18FN3O/c1-3-6-18-10-13(9-17-18)19-14-5-4-12(15)7-11(14)8-16-2/h4-5,7,9-10,16H,3,6,8H2,1-2H3. The van der Waals surface area contributed by atoms with E-state index in [4.69, 9.17) is 4.74 Å². The molecule has 0 amide bonds. The third-order valence-corrected chi connectivity index (χ3v) is 2.68. The predicted molar refractivity (Wildman–Crippen MR) is 71.8 cm³/mol. The molecule has 5 heteroatoms. The summed E-state index contributed by atoms with van der Waals surface area (Å²) in [5, 5.41) is 7.19. The molecule has 4 nitrogen and oxygen atoms in total. The molecule has 0 bridgehead atoms. The summed E-state index contributed by atoms with van der Waals surface area (Å²) in [4.78, 5) is 0. The van der Waals surface area contributed by atoms with Gasteiger partial charge in [-0.3, -0.25) is 4.68 Å². The van der Waals surface area contributed by atoms with E-state index in [1.807, 2.05) is 17.9 Å². The van der Waals surface area contributed by atoms with Crippen LogP contribution >= 0.6 is 0 Å². The van der Waals surface area contributed by atoms with Crippen LogP contribution in [0.4, 0.5) is 4.39 Å². The third-order valence-electron chi connectivity index (χ3n) is 2.68. The first-order valence-corrected chi connectivity index (χ1v) is 6.36. The minimum atomic E-state index is -0.265. The normalized spacial score (nSPS) is 10.7. The van der Waals surface area contributed by atoms with Crippen LogP contribution in [0, 0.1) is 5.82 Å². The van der Waals surface area contributed by atoms with Crippen LogP contribution in [-0.2, 0) is 13.1 Å². The summed E-state index contributed by atoms with van der Waals surface area (Å²) in [6.07, 6.45) is 4.53. The summed E-state index contributed by atoms with van der Waals surface area (Å²) < 4.78 is 20.8. The van der Waals surface area contributed by atoms with Crippen molar-refractivity contribution in [3.05, 3.63) is 42.0 Å². The van der Waals surface area contributed by atoms with Crippen LogP contribution in [0.2, 0.25) is 0 Å². The second-order valence-corrected chi connectivity index (χ2v) is 4.32. The fourth-order valence-electron chi connectivity index (χ4n) is 1.85. The Balaban J connectivity index is 2.16. The summed E-state index contributed by atoms with van der Waals surface area (Å²) in [7, 11) is 1.81. The van der Waals surface area contributed by atoms with E-state index in [9.17, 15) is 4.39 Å². The van der Waals surface area contributed by atoms with Crippen LogP contribution in [0.1, 0.15) is 18.9 Å². The van der Waals surface area contributed by atoms with E-state index < -0.39 is 0 Å². The maximum Gasteiger partial charge on any atom is 0.165 e. The average molecular weight is 263 g/mol. The van der Waals surface area contributed by atoms with Crippen LogP contribution < -0.4 is 10.1 Å². The number of rotatable bonds is 6. The number of hydrogen-bond acceptors (Lipinski definition) is 3. The Hall–Kier alpha value is -1.88. The van der Waals surface area contributed by atoms with Gasteiger partial charge in [-0.1, -0.05) is 6.92 Å². The van der Waals surface area contributed by atoms with E-state index in [0.29, 0.717) is 18.0 Å². The highest BCUT2D eigenvalue weighted by Gasteiger charge is 2.07. The molecule has 1 aromatic carbocycles. The third kappa shape index (κ3) is 3.54. The fourth-order valence-corrected chi connectivity index (χ4v) is 1.85. The first-order chi connectivity index (χ1) is 9.22. The van der Waals surface area contributed by atoms with E-state index in [1.54, 1.807) is 12.3 Å². The predicted octanol–water partition coefficient (Wildman–Crippen LogP) is 2.94. The largest absolute Gasteiger partial charge is 0.454 e. The molecule has 0 radical (unpaired) electrons. The van der Waals surface area contributed by atoms with Gasteiger partial charge in [0.15, 0.2) is 5.75 Å². The van der Waals surface area contributed by atoms with Crippen LogP contribution in [0.3, 0.4) is 0 Å². The summed E-state index contributed by atoms with van der Waals surface area (Å²) >= 11 is 0. The lowest BCUT2D eigenvalue weighted by molar-refractivity contribution is 0.470. The van der Waals surface area contributed by atoms with Gasteiger partial charge in [-0.05, 0) is 31.7 Å². The van der Waals surface area contributed by atoms with E-state index in [-0.39, 0.29) is 5.82 Å². The summed E-state index contributed by atoms with van der Waals surface area (Å²) in [5.74, 6) is 1.04. The lowest BCUT2D eigenvalue weighted by atomic mass is 10.2. The van der Waals surface area contributed by atoms with E-state index >= 15 is 0 Å². The van der Waals surface area contributed by atoms with Crippen LogP contribution in [0.25, 0.3) is 0 Å². The average Bonchev–Trinajstić information content (AvgIpc) is 2.81. The number of ether oxygens (including phenoxy) is 1. The van der Waals surface area contributed by atoms with Gasteiger partial charge < -0.3 is 10.1 Å². The maximum absolute atomic E-state index is 13.2. The Morgan fingerprint density at radius 2 is 2.26 bits per heavy atom. The molecule has 1 N–H and O–H groups in total. The first kappa shape index (κ1) is 13.5. The number of nitrogens with zero attached hydrogens (tertiary/aromatic N) is 2. The highest BCUT2D eigenvalue weighted by Crippen LogP contribution is 2.25. The Morgan fingerprint density at radius 1 is 1.42 bits per heavy atom. The van der Waals surface area contributed by atoms with Gasteiger partial charge in [0.1, 0.15) is 11.6 Å². The van der Waals surface area contributed by atoms with Crippen molar-refractivity contribution in [2.45, 2.75) is 26.4 Å². The highest BCUT2D eigenvalue weighted by molar-refractivity contribution is 5.37. The Kier molecular flexibility index (Phi) is 4.52. The monoisotopic (exact) mass is 263 g/mol. The van der Waals surface area contributed by atoms with Crippen molar-refractivity contribution in [1.82, 2.24) is 15.1 Å². The molecule has 0 atom stereocenters. The van der Waals surface area contributed by atoms with Gasteiger partial charge in [-0.2, -0.15) is 5.10 Å². The van der Waals surface area contributed by atoms with Crippen molar-refractivity contribution in [3.63, 3.8) is 0 Å². The van der Waals surface area contributed by atoms with E-state index in [1.165, 1.54) is 12.1 Å². The number of hydrogen-bond donors (Lipinski definition) is 1. The molecule has 2 aromatic rings. The fraction of sp³-hybridized carbons (Fsp3) is 0.357. The van der Waals surface area contributed by atoms with Gasteiger partial charge in [0, 0.05) is 18.7 Å². The summed E-state index contributed by atoms with van der Waals surface area (Å²) in [6.45, 7) is 3.50. The summed E-state index contributed by atoms with van der Waals surface area (Å²) in [5.41, 5.74) is 0.783. The molecule has 0 saturated carbocycles. The zero-order valence-electron chi connectivity index (χ0n) is 11.2. The second-order valence-electron chi connectivity index (χ2n) is 4.32. The van der Waals surface area contributed by atoms with Crippen LogP contribution in [0.5, 0.6) is 11.5 Å². The number of aromatic nitrogens is 2. The lowest BCUT2D eigenvalue weighted by Crippen LogP contribution is -2.06. The smallest absolute Gasteiger partial charge is 0.165 e. The van der Waals surface area contributed by atoms with Gasteiger partial charge in [0.05, 0.1) is 12.4 Å². The van der Waals surface area contributed by atoms with E-state index in [2.05, 4.69) is 17.3 Å². The topological polar surface area (TPSA) is 39.1 Å². The molecule has 0 aliphatic heterocycles. The number of halogens is 1. The van der Waals surface area contributed by atoms with Crippen molar-refractivity contribution in [2.75, 3.05) is 7.05 Å². The molecule has 19 heavy (non-hydrogen) atoms. The number of benzene rings is 1. The van der Waals surface area contributed by atoms with Gasteiger partial charge in [0.2, 0.25) is 0 Å². The molecule has 0 spiro atoms. The minimum absolute atomic E-state index is 0.265. The second kappa shape index (κ2) is 6.33. The zero-order valence-corrected chi connectivity index (χ0v) is 11.2. The molecule has 0 saturated heterocycles. The van der Waals surface area contributed by atoms with E-state index in [0.717, 1.165) is 18.5 Å². The molecule has 0 aliphatic carbocycles. The zero-order chi connectivity index (χ0) is 13.7. The molecule has 1 heterocycles. The number of nitrogens with one attached hydrogen (secondary N) is 1. The molecule has 1 aromatic heterocycles. The van der Waals surface area contributed by atoms with Crippen molar-refractivity contribution in [1.29, 1.82) is 0 Å². The van der Waals surface area contributed by atoms with Gasteiger partial charge in [-0.25, -0.2) is 4.39 Å². The van der Waals surface area contributed by atoms with Gasteiger partial charge >= 0.3 is 0 Å². The molecule has 0 unspecified atom stereocenters. The molecule has 102 valence electrons. The molecule has 2 rings (SSSR count). The quantitative estimate of drug-likeness (QED) is 0.871. The van der Waals surface area contributed by atoms with Gasteiger partial charge in [0.25, 0.3) is 0 Å². The Labute approximate surface area is 112 Å². The molecular weight excluding hydrogens is 245 g/mol. The van der Waals surface area contributed by atoms with Gasteiger partial charge in [-0.15, -0.1) is 0 Å². The minimum Gasteiger partial charge on any atom is -0.454 e. The molecule has 0 fully saturated rings. The van der Waals surface area contributed by atoms with Crippen LogP contribution in [-0.4, -0.2) is 16.8 Å². The van der Waals surface area contributed by atoms with Crippen molar-refractivity contribution < 1.29 is 9.13 Å². The summed E-state index contributed by atoms with van der Waals surface area (Å²) in [6, 6.07) is 4.51. The highest BCUT2D eigenvalue weighted by atomic mass is 19.1. The van der Waals surface area contributed by atoms with Crippen molar-refractivity contribution >= 4 is 0 Å². The maximum atomic E-state index is 13.2. The first-order valence-electron chi connectivity index (χ1n) is 6.36.